The van der Waals surface area contributed by atoms with Crippen LogP contribution in [-0.4, -0.2) is 23.9 Å². The summed E-state index contributed by atoms with van der Waals surface area (Å²) < 4.78 is 0. The second kappa shape index (κ2) is 6.48. The summed E-state index contributed by atoms with van der Waals surface area (Å²) in [5, 5.41) is 3.27. The van der Waals surface area contributed by atoms with E-state index in [9.17, 15) is 4.79 Å². The number of benzene rings is 1. The van der Waals surface area contributed by atoms with Crippen molar-refractivity contribution in [3.05, 3.63) is 46.3 Å². The quantitative estimate of drug-likeness (QED) is 0.425. The molecule has 0 spiro atoms. The Hall–Kier alpha value is -2.00. The van der Waals surface area contributed by atoms with Crippen molar-refractivity contribution in [2.45, 2.75) is 13.5 Å². The number of carbonyl (C=O) groups excluding carboxylic acids is 1. The molecule has 0 N–H and O–H groups in total. The zero-order chi connectivity index (χ0) is 11.8. The number of hydrogen-bond acceptors (Lipinski definition) is 2. The summed E-state index contributed by atoms with van der Waals surface area (Å²) in [6, 6.07) is 9.72. The fraction of sp³-hybridized carbons (Fsp3) is 0.364. The van der Waals surface area contributed by atoms with Gasteiger partial charge in [-0.15, -0.1) is 0 Å². The molecule has 1 aromatic rings. The number of amides is 1. The smallest absolute Gasteiger partial charge is 0.228 e. The Morgan fingerprint density at radius 1 is 1.44 bits per heavy atom. The predicted octanol–water partition coefficient (Wildman–Crippen LogP) is 2.35. The van der Waals surface area contributed by atoms with Crippen LogP contribution in [0.3, 0.4) is 0 Å². The Labute approximate surface area is 94.3 Å². The summed E-state index contributed by atoms with van der Waals surface area (Å²) in [4.78, 5) is 15.8. The zero-order valence-electron chi connectivity index (χ0n) is 9.21. The molecule has 0 aliphatic heterocycles. The van der Waals surface area contributed by atoms with Crippen LogP contribution in [-0.2, 0) is 11.3 Å². The molecule has 0 aliphatic carbocycles. The standard InChI is InChI=1S/C11H14N4O/c1-2-15(11(16)8-13-14-12)9-10-6-4-3-5-7-10/h3-7H,2,8-9H2,1H3. The summed E-state index contributed by atoms with van der Waals surface area (Å²) in [5.41, 5.74) is 9.22. The number of azide groups is 1. The van der Waals surface area contributed by atoms with E-state index in [1.807, 2.05) is 37.3 Å². The molecule has 1 rings (SSSR count). The SMILES string of the molecule is CCN(Cc1ccccc1)C(=O)CN=[N+]=[N-]. The van der Waals surface area contributed by atoms with E-state index >= 15 is 0 Å². The molecule has 0 saturated heterocycles. The second-order valence-electron chi connectivity index (χ2n) is 3.28. The molecule has 0 atom stereocenters. The van der Waals surface area contributed by atoms with Gasteiger partial charge >= 0.3 is 0 Å². The first kappa shape index (κ1) is 12.1. The van der Waals surface area contributed by atoms with Gasteiger partial charge in [0.15, 0.2) is 0 Å². The first-order valence-electron chi connectivity index (χ1n) is 5.10. The Balaban J connectivity index is 2.61. The fourth-order valence-corrected chi connectivity index (χ4v) is 1.37. The largest absolute Gasteiger partial charge is 0.339 e. The lowest BCUT2D eigenvalue weighted by molar-refractivity contribution is -0.130. The van der Waals surface area contributed by atoms with Crippen LogP contribution in [0.1, 0.15) is 12.5 Å². The van der Waals surface area contributed by atoms with E-state index in [0.29, 0.717) is 13.1 Å². The molecule has 1 amide bonds. The van der Waals surface area contributed by atoms with Crippen LogP contribution in [0.5, 0.6) is 0 Å². The topological polar surface area (TPSA) is 69.1 Å². The first-order chi connectivity index (χ1) is 7.77. The van der Waals surface area contributed by atoms with Crippen molar-refractivity contribution in [3.63, 3.8) is 0 Å². The molecule has 0 fully saturated rings. The maximum atomic E-state index is 11.6. The molecule has 0 aliphatic rings. The summed E-state index contributed by atoms with van der Waals surface area (Å²) in [5.74, 6) is -0.149. The Morgan fingerprint density at radius 3 is 2.69 bits per heavy atom. The minimum atomic E-state index is -0.149. The van der Waals surface area contributed by atoms with Crippen molar-refractivity contribution in [2.24, 2.45) is 5.11 Å². The number of rotatable bonds is 5. The Kier molecular flexibility index (Phi) is 4.89. The molecular weight excluding hydrogens is 204 g/mol. The summed E-state index contributed by atoms with van der Waals surface area (Å²) in [7, 11) is 0. The third-order valence-corrected chi connectivity index (χ3v) is 2.22. The minimum absolute atomic E-state index is 0.114. The molecule has 5 nitrogen and oxygen atoms in total. The van der Waals surface area contributed by atoms with Crippen LogP contribution >= 0.6 is 0 Å². The summed E-state index contributed by atoms with van der Waals surface area (Å²) in [6.45, 7) is 2.94. The van der Waals surface area contributed by atoms with Crippen LogP contribution in [0.25, 0.3) is 10.4 Å². The first-order valence-corrected chi connectivity index (χ1v) is 5.10. The number of hydrogen-bond donors (Lipinski definition) is 0. The highest BCUT2D eigenvalue weighted by Crippen LogP contribution is 2.04. The van der Waals surface area contributed by atoms with Gasteiger partial charge in [-0.1, -0.05) is 35.4 Å². The molecule has 0 bridgehead atoms. The molecule has 0 unspecified atom stereocenters. The van der Waals surface area contributed by atoms with E-state index in [2.05, 4.69) is 10.0 Å². The number of carbonyl (C=O) groups is 1. The Morgan fingerprint density at radius 2 is 2.12 bits per heavy atom. The van der Waals surface area contributed by atoms with E-state index in [1.54, 1.807) is 4.90 Å². The van der Waals surface area contributed by atoms with Gasteiger partial charge in [-0.05, 0) is 18.0 Å². The maximum Gasteiger partial charge on any atom is 0.228 e. The zero-order valence-corrected chi connectivity index (χ0v) is 9.21. The summed E-state index contributed by atoms with van der Waals surface area (Å²) in [6.07, 6.45) is 0. The highest BCUT2D eigenvalue weighted by atomic mass is 16.2. The lowest BCUT2D eigenvalue weighted by atomic mass is 10.2. The van der Waals surface area contributed by atoms with Crippen molar-refractivity contribution < 1.29 is 4.79 Å². The van der Waals surface area contributed by atoms with Gasteiger partial charge in [0, 0.05) is 18.0 Å². The van der Waals surface area contributed by atoms with E-state index < -0.39 is 0 Å². The normalized spacial score (nSPS) is 9.31. The van der Waals surface area contributed by atoms with E-state index in [-0.39, 0.29) is 12.5 Å². The van der Waals surface area contributed by atoms with Gasteiger partial charge in [-0.25, -0.2) is 0 Å². The van der Waals surface area contributed by atoms with Crippen LogP contribution in [0.15, 0.2) is 35.4 Å². The second-order valence-corrected chi connectivity index (χ2v) is 3.28. The third-order valence-electron chi connectivity index (χ3n) is 2.22. The van der Waals surface area contributed by atoms with Crippen LogP contribution < -0.4 is 0 Å². The minimum Gasteiger partial charge on any atom is -0.339 e. The predicted molar refractivity (Wildman–Crippen MR) is 61.5 cm³/mol. The van der Waals surface area contributed by atoms with E-state index in [0.717, 1.165) is 5.56 Å². The summed E-state index contributed by atoms with van der Waals surface area (Å²) >= 11 is 0. The van der Waals surface area contributed by atoms with Gasteiger partial charge in [0.1, 0.15) is 6.54 Å². The number of likely N-dealkylation sites (N-methyl/N-ethyl adjacent to an activating group) is 1. The molecule has 0 heterocycles. The molecule has 0 radical (unpaired) electrons. The third kappa shape index (κ3) is 3.63. The molecular formula is C11H14N4O. The van der Waals surface area contributed by atoms with E-state index in [1.165, 1.54) is 0 Å². The van der Waals surface area contributed by atoms with Crippen molar-refractivity contribution >= 4 is 5.91 Å². The molecule has 5 heteroatoms. The average Bonchev–Trinajstić information content (AvgIpc) is 2.34. The number of nitrogens with zero attached hydrogens (tertiary/aromatic N) is 4. The molecule has 84 valence electrons. The van der Waals surface area contributed by atoms with Gasteiger partial charge in [0.05, 0.1) is 0 Å². The van der Waals surface area contributed by atoms with Crippen molar-refractivity contribution in [2.75, 3.05) is 13.1 Å². The molecule has 0 saturated carbocycles. The average molecular weight is 218 g/mol. The highest BCUT2D eigenvalue weighted by molar-refractivity contribution is 5.78. The molecule has 0 aromatic heterocycles. The molecule has 16 heavy (non-hydrogen) atoms. The lowest BCUT2D eigenvalue weighted by Crippen LogP contribution is -2.31. The lowest BCUT2D eigenvalue weighted by Gasteiger charge is -2.19. The fourth-order valence-electron chi connectivity index (χ4n) is 1.37. The van der Waals surface area contributed by atoms with Gasteiger partial charge < -0.3 is 4.90 Å². The van der Waals surface area contributed by atoms with Crippen molar-refractivity contribution in [1.82, 2.24) is 4.90 Å². The van der Waals surface area contributed by atoms with Crippen molar-refractivity contribution in [1.29, 1.82) is 0 Å². The Bertz CT molecular complexity index is 384. The van der Waals surface area contributed by atoms with Crippen LogP contribution in [0.4, 0.5) is 0 Å². The maximum absolute atomic E-state index is 11.6. The van der Waals surface area contributed by atoms with Gasteiger partial charge in [-0.3, -0.25) is 4.79 Å². The molecule has 1 aromatic carbocycles. The van der Waals surface area contributed by atoms with Gasteiger partial charge in [0.2, 0.25) is 5.91 Å². The highest BCUT2D eigenvalue weighted by Gasteiger charge is 2.10. The van der Waals surface area contributed by atoms with Gasteiger partial charge in [0.25, 0.3) is 0 Å². The van der Waals surface area contributed by atoms with Crippen LogP contribution in [0, 0.1) is 0 Å². The van der Waals surface area contributed by atoms with E-state index in [4.69, 9.17) is 5.53 Å². The monoisotopic (exact) mass is 218 g/mol. The van der Waals surface area contributed by atoms with Crippen LogP contribution in [0.2, 0.25) is 0 Å². The van der Waals surface area contributed by atoms with Crippen molar-refractivity contribution in [3.8, 4) is 0 Å². The van der Waals surface area contributed by atoms with Gasteiger partial charge in [-0.2, -0.15) is 0 Å².